The number of halogens is 1. The standard InChI is InChI=1S/C24H19ClN2O2/c1-15-22(17-9-3-6-12-20(17)26-15)24(29)18-10-4-7-13-21(18)27(23(24)28)14-16-8-2-5-11-19(16)25/h2-13,26,29H,14H2,1H3/t24-/m0/s1. The van der Waals surface area contributed by atoms with E-state index in [0.717, 1.165) is 22.2 Å². The van der Waals surface area contributed by atoms with E-state index in [1.807, 2.05) is 73.7 Å². The van der Waals surface area contributed by atoms with Gasteiger partial charge in [-0.3, -0.25) is 4.79 Å². The molecule has 1 amide bonds. The van der Waals surface area contributed by atoms with Gasteiger partial charge < -0.3 is 15.0 Å². The van der Waals surface area contributed by atoms with Crippen molar-refractivity contribution < 1.29 is 9.90 Å². The summed E-state index contributed by atoms with van der Waals surface area (Å²) in [6, 6.07) is 22.6. The topological polar surface area (TPSA) is 56.3 Å². The second kappa shape index (κ2) is 6.48. The highest BCUT2D eigenvalue weighted by Gasteiger charge is 2.52. The van der Waals surface area contributed by atoms with Gasteiger partial charge >= 0.3 is 0 Å². The number of nitrogens with one attached hydrogen (secondary N) is 1. The Morgan fingerprint density at radius 1 is 1.00 bits per heavy atom. The third kappa shape index (κ3) is 2.53. The molecule has 3 aromatic carbocycles. The van der Waals surface area contributed by atoms with E-state index in [1.165, 1.54) is 0 Å². The zero-order chi connectivity index (χ0) is 20.2. The molecule has 0 fully saturated rings. The Labute approximate surface area is 173 Å². The fourth-order valence-corrected chi connectivity index (χ4v) is 4.57. The van der Waals surface area contributed by atoms with Crippen LogP contribution in [0.3, 0.4) is 0 Å². The van der Waals surface area contributed by atoms with Gasteiger partial charge in [0.2, 0.25) is 0 Å². The van der Waals surface area contributed by atoms with Crippen molar-refractivity contribution in [2.75, 3.05) is 4.90 Å². The summed E-state index contributed by atoms with van der Waals surface area (Å²) in [5, 5.41) is 13.4. The highest BCUT2D eigenvalue weighted by atomic mass is 35.5. The van der Waals surface area contributed by atoms with Crippen LogP contribution in [0.5, 0.6) is 0 Å². The van der Waals surface area contributed by atoms with Crippen molar-refractivity contribution >= 4 is 34.1 Å². The first-order chi connectivity index (χ1) is 14.0. The monoisotopic (exact) mass is 402 g/mol. The van der Waals surface area contributed by atoms with Crippen molar-refractivity contribution in [2.45, 2.75) is 19.1 Å². The SMILES string of the molecule is Cc1[nH]c2ccccc2c1[C@]1(O)C(=O)N(Cc2ccccc2Cl)c2ccccc21. The quantitative estimate of drug-likeness (QED) is 0.511. The van der Waals surface area contributed by atoms with Gasteiger partial charge in [0.25, 0.3) is 5.91 Å². The summed E-state index contributed by atoms with van der Waals surface area (Å²) < 4.78 is 0. The number of amides is 1. The van der Waals surface area contributed by atoms with Gasteiger partial charge in [-0.05, 0) is 30.7 Å². The molecule has 0 unspecified atom stereocenters. The van der Waals surface area contributed by atoms with Crippen molar-refractivity contribution in [2.24, 2.45) is 0 Å². The van der Waals surface area contributed by atoms with Gasteiger partial charge in [0.05, 0.1) is 12.2 Å². The molecule has 4 nitrogen and oxygen atoms in total. The number of carbonyl (C=O) groups excluding carboxylic acids is 1. The molecule has 2 N–H and O–H groups in total. The smallest absolute Gasteiger partial charge is 0.268 e. The first-order valence-electron chi connectivity index (χ1n) is 9.47. The molecule has 5 rings (SSSR count). The maximum atomic E-state index is 13.7. The fraction of sp³-hybridized carbons (Fsp3) is 0.125. The van der Waals surface area contributed by atoms with Gasteiger partial charge in [-0.1, -0.05) is 66.2 Å². The zero-order valence-electron chi connectivity index (χ0n) is 15.8. The number of anilines is 1. The van der Waals surface area contributed by atoms with Crippen molar-refractivity contribution in [3.8, 4) is 0 Å². The van der Waals surface area contributed by atoms with E-state index in [4.69, 9.17) is 11.6 Å². The average molecular weight is 403 g/mol. The number of para-hydroxylation sites is 2. The Balaban J connectivity index is 1.71. The minimum atomic E-state index is -1.76. The molecule has 1 aromatic heterocycles. The molecule has 0 spiro atoms. The Morgan fingerprint density at radius 3 is 2.52 bits per heavy atom. The van der Waals surface area contributed by atoms with E-state index < -0.39 is 5.60 Å². The van der Waals surface area contributed by atoms with Crippen LogP contribution in [-0.2, 0) is 16.9 Å². The minimum absolute atomic E-state index is 0.291. The molecule has 0 radical (unpaired) electrons. The lowest BCUT2D eigenvalue weighted by Gasteiger charge is -2.24. The van der Waals surface area contributed by atoms with Crippen LogP contribution in [-0.4, -0.2) is 16.0 Å². The molecule has 5 heteroatoms. The van der Waals surface area contributed by atoms with E-state index in [-0.39, 0.29) is 5.91 Å². The molecule has 29 heavy (non-hydrogen) atoms. The number of H-pyrrole nitrogens is 1. The van der Waals surface area contributed by atoms with E-state index in [2.05, 4.69) is 4.98 Å². The first kappa shape index (κ1) is 18.0. The third-order valence-corrected chi connectivity index (χ3v) is 6.05. The largest absolute Gasteiger partial charge is 0.372 e. The van der Waals surface area contributed by atoms with Crippen molar-refractivity contribution in [3.63, 3.8) is 0 Å². The van der Waals surface area contributed by atoms with E-state index >= 15 is 0 Å². The van der Waals surface area contributed by atoms with Gasteiger partial charge in [0.15, 0.2) is 5.60 Å². The highest BCUT2D eigenvalue weighted by molar-refractivity contribution is 6.31. The Hall–Kier alpha value is -3.08. The first-order valence-corrected chi connectivity index (χ1v) is 9.84. The van der Waals surface area contributed by atoms with Crippen molar-refractivity contribution in [3.05, 3.63) is 100 Å². The lowest BCUT2D eigenvalue weighted by atomic mass is 9.85. The number of carbonyl (C=O) groups is 1. The maximum Gasteiger partial charge on any atom is 0.268 e. The van der Waals surface area contributed by atoms with E-state index in [1.54, 1.807) is 11.0 Å². The second-order valence-corrected chi connectivity index (χ2v) is 7.79. The van der Waals surface area contributed by atoms with E-state index in [9.17, 15) is 9.90 Å². The molecular formula is C24H19ClN2O2. The lowest BCUT2D eigenvalue weighted by Crippen LogP contribution is -2.41. The molecule has 4 aromatic rings. The molecule has 0 aliphatic carbocycles. The molecular weight excluding hydrogens is 384 g/mol. The molecule has 144 valence electrons. The van der Waals surface area contributed by atoms with Gasteiger partial charge in [0.1, 0.15) is 0 Å². The van der Waals surface area contributed by atoms with Crippen molar-refractivity contribution in [1.82, 2.24) is 4.98 Å². The summed E-state index contributed by atoms with van der Waals surface area (Å²) in [6.45, 7) is 2.18. The number of rotatable bonds is 3. The van der Waals surface area contributed by atoms with Crippen LogP contribution in [0.25, 0.3) is 10.9 Å². The van der Waals surface area contributed by atoms with Crippen LogP contribution in [0.2, 0.25) is 5.02 Å². The maximum absolute atomic E-state index is 13.7. The molecule has 1 aliphatic heterocycles. The summed E-state index contributed by atoms with van der Waals surface area (Å²) in [5.41, 5.74) is 2.63. The summed E-state index contributed by atoms with van der Waals surface area (Å²) >= 11 is 6.35. The van der Waals surface area contributed by atoms with Gasteiger partial charge in [-0.15, -0.1) is 0 Å². The predicted octanol–water partition coefficient (Wildman–Crippen LogP) is 4.91. The van der Waals surface area contributed by atoms with E-state index in [0.29, 0.717) is 28.4 Å². The summed E-state index contributed by atoms with van der Waals surface area (Å²) in [7, 11) is 0. The van der Waals surface area contributed by atoms with Crippen LogP contribution in [0, 0.1) is 6.92 Å². The number of aromatic amines is 1. The zero-order valence-corrected chi connectivity index (χ0v) is 16.6. The highest BCUT2D eigenvalue weighted by Crippen LogP contribution is 2.48. The average Bonchev–Trinajstić information content (AvgIpc) is 3.17. The summed E-state index contributed by atoms with van der Waals surface area (Å²) in [6.07, 6.45) is 0. The van der Waals surface area contributed by atoms with Crippen LogP contribution in [0.4, 0.5) is 5.69 Å². The molecule has 2 heterocycles. The number of aliphatic hydroxyl groups is 1. The second-order valence-electron chi connectivity index (χ2n) is 7.38. The third-order valence-electron chi connectivity index (χ3n) is 5.68. The van der Waals surface area contributed by atoms with Crippen molar-refractivity contribution in [1.29, 1.82) is 0 Å². The lowest BCUT2D eigenvalue weighted by molar-refractivity contribution is -0.132. The Kier molecular flexibility index (Phi) is 4.02. The number of aromatic nitrogens is 1. The number of fused-ring (bicyclic) bond motifs is 2. The number of benzene rings is 3. The minimum Gasteiger partial charge on any atom is -0.372 e. The van der Waals surface area contributed by atoms with Gasteiger partial charge in [0, 0.05) is 32.7 Å². The molecule has 1 aliphatic rings. The van der Waals surface area contributed by atoms with Crippen LogP contribution < -0.4 is 4.90 Å². The number of nitrogens with zero attached hydrogens (tertiary/aromatic N) is 1. The predicted molar refractivity (Wildman–Crippen MR) is 115 cm³/mol. The van der Waals surface area contributed by atoms with Gasteiger partial charge in [-0.2, -0.15) is 0 Å². The fourth-order valence-electron chi connectivity index (χ4n) is 4.37. The Morgan fingerprint density at radius 2 is 1.69 bits per heavy atom. The number of hydrogen-bond donors (Lipinski definition) is 2. The number of hydrogen-bond acceptors (Lipinski definition) is 2. The Bertz CT molecular complexity index is 1260. The van der Waals surface area contributed by atoms with Gasteiger partial charge in [-0.25, -0.2) is 0 Å². The summed E-state index contributed by atoms with van der Waals surface area (Å²) in [4.78, 5) is 18.6. The van der Waals surface area contributed by atoms with Crippen LogP contribution >= 0.6 is 11.6 Å². The van der Waals surface area contributed by atoms with Crippen LogP contribution in [0.15, 0.2) is 72.8 Å². The molecule has 1 atom stereocenters. The summed E-state index contributed by atoms with van der Waals surface area (Å²) in [5.74, 6) is -0.369. The normalized spacial score (nSPS) is 18.4. The molecule has 0 bridgehead atoms. The van der Waals surface area contributed by atoms with Crippen LogP contribution in [0.1, 0.15) is 22.4 Å². The molecule has 0 saturated heterocycles. The number of aryl methyl sites for hydroxylation is 1. The molecule has 0 saturated carbocycles.